The van der Waals surface area contributed by atoms with Crippen molar-refractivity contribution in [2.75, 3.05) is 39.2 Å². The minimum absolute atomic E-state index is 0.172. The van der Waals surface area contributed by atoms with Gasteiger partial charge in [0.15, 0.2) is 0 Å². The molecular weight excluding hydrogens is 223 g/mol. The molecule has 1 amide bonds. The van der Waals surface area contributed by atoms with Crippen LogP contribution >= 0.6 is 0 Å². The van der Waals surface area contributed by atoms with Gasteiger partial charge < -0.3 is 10.1 Å². The third-order valence-corrected chi connectivity index (χ3v) is 2.20. The third kappa shape index (κ3) is 5.42. The number of anilines is 1. The lowest BCUT2D eigenvalue weighted by molar-refractivity contribution is -0.117. The molecule has 0 aliphatic rings. The number of nitrogens with zero attached hydrogens (tertiary/aromatic N) is 1. The number of hydrogen-bond donors (Lipinski definition) is 1. The van der Waals surface area contributed by atoms with Crippen molar-refractivity contribution < 1.29 is 13.9 Å². The second kappa shape index (κ2) is 6.98. The van der Waals surface area contributed by atoms with E-state index in [1.165, 1.54) is 12.1 Å². The lowest BCUT2D eigenvalue weighted by Crippen LogP contribution is -2.32. The van der Waals surface area contributed by atoms with Crippen molar-refractivity contribution in [2.24, 2.45) is 0 Å². The second-order valence-corrected chi connectivity index (χ2v) is 3.79. The molecule has 17 heavy (non-hydrogen) atoms. The number of likely N-dealkylation sites (N-methyl/N-ethyl adjacent to an activating group) is 1. The molecule has 94 valence electrons. The van der Waals surface area contributed by atoms with Gasteiger partial charge in [0, 0.05) is 19.3 Å². The van der Waals surface area contributed by atoms with Crippen LogP contribution in [0.5, 0.6) is 0 Å². The number of hydrogen-bond acceptors (Lipinski definition) is 3. The van der Waals surface area contributed by atoms with Gasteiger partial charge in [-0.2, -0.15) is 0 Å². The Labute approximate surface area is 100 Å². The van der Waals surface area contributed by atoms with Crippen molar-refractivity contribution >= 4 is 11.6 Å². The summed E-state index contributed by atoms with van der Waals surface area (Å²) < 4.78 is 17.8. The van der Waals surface area contributed by atoms with Gasteiger partial charge in [-0.25, -0.2) is 4.39 Å². The van der Waals surface area contributed by atoms with E-state index in [1.54, 1.807) is 19.2 Å². The van der Waals surface area contributed by atoms with E-state index in [9.17, 15) is 9.18 Å². The first-order valence-electron chi connectivity index (χ1n) is 5.34. The number of carbonyl (C=O) groups excluding carboxylic acids is 1. The Hall–Kier alpha value is -1.46. The molecule has 0 atom stereocenters. The first-order valence-corrected chi connectivity index (χ1v) is 5.34. The minimum Gasteiger partial charge on any atom is -0.383 e. The predicted molar refractivity (Wildman–Crippen MR) is 64.4 cm³/mol. The van der Waals surface area contributed by atoms with Crippen LogP contribution in [-0.4, -0.2) is 44.7 Å². The van der Waals surface area contributed by atoms with Gasteiger partial charge in [-0.15, -0.1) is 0 Å². The van der Waals surface area contributed by atoms with Crippen molar-refractivity contribution in [3.05, 3.63) is 30.1 Å². The van der Waals surface area contributed by atoms with E-state index in [0.717, 1.165) is 0 Å². The second-order valence-electron chi connectivity index (χ2n) is 3.79. The third-order valence-electron chi connectivity index (χ3n) is 2.20. The number of carbonyl (C=O) groups is 1. The summed E-state index contributed by atoms with van der Waals surface area (Å²) in [7, 11) is 3.44. The zero-order valence-electron chi connectivity index (χ0n) is 10.1. The van der Waals surface area contributed by atoms with E-state index in [0.29, 0.717) is 18.8 Å². The van der Waals surface area contributed by atoms with E-state index in [2.05, 4.69) is 5.32 Å². The van der Waals surface area contributed by atoms with E-state index in [-0.39, 0.29) is 18.3 Å². The Balaban J connectivity index is 2.39. The number of amides is 1. The molecule has 1 rings (SSSR count). The topological polar surface area (TPSA) is 41.6 Å². The number of rotatable bonds is 6. The molecular formula is C12H17FN2O2. The molecule has 0 aliphatic carbocycles. The predicted octanol–water partition coefficient (Wildman–Crippen LogP) is 1.34. The molecule has 0 saturated carbocycles. The summed E-state index contributed by atoms with van der Waals surface area (Å²) in [4.78, 5) is 13.4. The summed E-state index contributed by atoms with van der Waals surface area (Å²) in [5.74, 6) is -0.537. The fourth-order valence-corrected chi connectivity index (χ4v) is 1.34. The van der Waals surface area contributed by atoms with Crippen molar-refractivity contribution in [1.82, 2.24) is 4.90 Å². The first-order chi connectivity index (χ1) is 8.11. The average Bonchev–Trinajstić information content (AvgIpc) is 2.26. The van der Waals surface area contributed by atoms with Gasteiger partial charge >= 0.3 is 0 Å². The van der Waals surface area contributed by atoms with Gasteiger partial charge in [0.05, 0.1) is 13.2 Å². The lowest BCUT2D eigenvalue weighted by atomic mass is 10.3. The van der Waals surface area contributed by atoms with Crippen LogP contribution < -0.4 is 5.32 Å². The first kappa shape index (κ1) is 13.6. The highest BCUT2D eigenvalue weighted by Gasteiger charge is 2.06. The number of halogens is 1. The number of nitrogens with one attached hydrogen (secondary N) is 1. The molecule has 0 spiro atoms. The van der Waals surface area contributed by atoms with Gasteiger partial charge in [-0.3, -0.25) is 9.69 Å². The van der Waals surface area contributed by atoms with Gasteiger partial charge in [-0.05, 0) is 25.2 Å². The summed E-state index contributed by atoms with van der Waals surface area (Å²) >= 11 is 0. The maximum absolute atomic E-state index is 12.9. The summed E-state index contributed by atoms with van der Waals surface area (Å²) in [6.45, 7) is 1.50. The van der Waals surface area contributed by atoms with Crippen molar-refractivity contribution in [2.45, 2.75) is 0 Å². The molecule has 0 radical (unpaired) electrons. The maximum Gasteiger partial charge on any atom is 0.238 e. The number of ether oxygens (including phenoxy) is 1. The SMILES string of the molecule is COCCN(C)CC(=O)Nc1cccc(F)c1. The van der Waals surface area contributed by atoms with Gasteiger partial charge in [0.2, 0.25) is 5.91 Å². The quantitative estimate of drug-likeness (QED) is 0.816. The summed E-state index contributed by atoms with van der Waals surface area (Å²) in [5, 5.41) is 2.63. The van der Waals surface area contributed by atoms with Gasteiger partial charge in [-0.1, -0.05) is 6.07 Å². The molecule has 1 N–H and O–H groups in total. The zero-order valence-corrected chi connectivity index (χ0v) is 10.1. The van der Waals surface area contributed by atoms with Crippen LogP contribution in [0.1, 0.15) is 0 Å². The average molecular weight is 240 g/mol. The molecule has 0 heterocycles. The highest BCUT2D eigenvalue weighted by Crippen LogP contribution is 2.08. The van der Waals surface area contributed by atoms with Crippen molar-refractivity contribution in [3.63, 3.8) is 0 Å². The maximum atomic E-state index is 12.9. The minimum atomic E-state index is -0.365. The van der Waals surface area contributed by atoms with E-state index in [1.807, 2.05) is 11.9 Å². The Bertz CT molecular complexity index is 371. The van der Waals surface area contributed by atoms with E-state index in [4.69, 9.17) is 4.74 Å². The molecule has 0 aliphatic heterocycles. The highest BCUT2D eigenvalue weighted by molar-refractivity contribution is 5.92. The van der Waals surface area contributed by atoms with Crippen LogP contribution in [0.4, 0.5) is 10.1 Å². The van der Waals surface area contributed by atoms with Crippen LogP contribution in [0.25, 0.3) is 0 Å². The summed E-state index contributed by atoms with van der Waals surface area (Å²) in [6, 6.07) is 5.82. The molecule has 0 unspecified atom stereocenters. The Morgan fingerprint density at radius 2 is 2.29 bits per heavy atom. The Morgan fingerprint density at radius 3 is 2.94 bits per heavy atom. The molecule has 0 saturated heterocycles. The van der Waals surface area contributed by atoms with Crippen LogP contribution in [0.3, 0.4) is 0 Å². The molecule has 0 bridgehead atoms. The smallest absolute Gasteiger partial charge is 0.238 e. The van der Waals surface area contributed by atoms with E-state index >= 15 is 0 Å². The van der Waals surface area contributed by atoms with Crippen LogP contribution in [0.2, 0.25) is 0 Å². The molecule has 1 aromatic rings. The van der Waals surface area contributed by atoms with Crippen LogP contribution in [-0.2, 0) is 9.53 Å². The Morgan fingerprint density at radius 1 is 1.53 bits per heavy atom. The largest absolute Gasteiger partial charge is 0.383 e. The number of methoxy groups -OCH3 is 1. The van der Waals surface area contributed by atoms with Crippen LogP contribution in [0, 0.1) is 5.82 Å². The fraction of sp³-hybridized carbons (Fsp3) is 0.417. The lowest BCUT2D eigenvalue weighted by Gasteiger charge is -2.15. The molecule has 0 aromatic heterocycles. The molecule has 0 fully saturated rings. The summed E-state index contributed by atoms with van der Waals surface area (Å²) in [6.07, 6.45) is 0. The molecule has 5 heteroatoms. The highest BCUT2D eigenvalue weighted by atomic mass is 19.1. The standard InChI is InChI=1S/C12H17FN2O2/c1-15(6-7-17-2)9-12(16)14-11-5-3-4-10(13)8-11/h3-5,8H,6-7,9H2,1-2H3,(H,14,16). The van der Waals surface area contributed by atoms with Crippen LogP contribution in [0.15, 0.2) is 24.3 Å². The van der Waals surface area contributed by atoms with Crippen molar-refractivity contribution in [3.8, 4) is 0 Å². The normalized spacial score (nSPS) is 10.6. The molecule has 1 aromatic carbocycles. The van der Waals surface area contributed by atoms with E-state index < -0.39 is 0 Å². The van der Waals surface area contributed by atoms with Gasteiger partial charge in [0.25, 0.3) is 0 Å². The Kier molecular flexibility index (Phi) is 5.59. The summed E-state index contributed by atoms with van der Waals surface area (Å²) in [5.41, 5.74) is 0.468. The fourth-order valence-electron chi connectivity index (χ4n) is 1.34. The number of benzene rings is 1. The van der Waals surface area contributed by atoms with Gasteiger partial charge in [0.1, 0.15) is 5.82 Å². The zero-order chi connectivity index (χ0) is 12.7. The van der Waals surface area contributed by atoms with Crippen molar-refractivity contribution in [1.29, 1.82) is 0 Å². The monoisotopic (exact) mass is 240 g/mol. The molecule has 4 nitrogen and oxygen atoms in total.